The summed E-state index contributed by atoms with van der Waals surface area (Å²) in [4.78, 5) is 27.8. The van der Waals surface area contributed by atoms with Crippen LogP contribution in [0.1, 0.15) is 33.3 Å². The zero-order valence-electron chi connectivity index (χ0n) is 20.8. The van der Waals surface area contributed by atoms with Crippen molar-refractivity contribution in [3.63, 3.8) is 0 Å². The molecule has 0 bridgehead atoms. The maximum Gasteiger partial charge on any atom is 0.244 e. The lowest BCUT2D eigenvalue weighted by atomic mass is 10.1. The summed E-state index contributed by atoms with van der Waals surface area (Å²) in [5, 5.41) is 2.86. The van der Waals surface area contributed by atoms with Gasteiger partial charge in [0.1, 0.15) is 18.3 Å². The van der Waals surface area contributed by atoms with E-state index in [0.29, 0.717) is 24.6 Å². The molecule has 2 rings (SSSR count). The number of carbonyl (C=O) groups excluding carboxylic acids is 2. The monoisotopic (exact) mass is 567 g/mol. The van der Waals surface area contributed by atoms with Crippen LogP contribution in [0, 0.1) is 5.92 Å². The number of nitrogens with zero attached hydrogens (tertiary/aromatic N) is 2. The largest absolute Gasteiger partial charge is 0.494 e. The molecule has 192 valence electrons. The number of ether oxygens (including phenoxy) is 1. The van der Waals surface area contributed by atoms with Crippen LogP contribution in [0.4, 0.5) is 5.69 Å². The first-order valence-electron chi connectivity index (χ1n) is 11.4. The van der Waals surface area contributed by atoms with Crippen LogP contribution in [-0.2, 0) is 26.2 Å². The average Bonchev–Trinajstić information content (AvgIpc) is 2.79. The first-order valence-corrected chi connectivity index (χ1v) is 14.1. The second-order valence-electron chi connectivity index (χ2n) is 8.66. The molecular weight excluding hydrogens is 534 g/mol. The van der Waals surface area contributed by atoms with Crippen molar-refractivity contribution < 1.29 is 22.7 Å². The lowest BCUT2D eigenvalue weighted by Crippen LogP contribution is -2.51. The molecule has 1 atom stereocenters. The second-order valence-corrected chi connectivity index (χ2v) is 11.5. The van der Waals surface area contributed by atoms with Gasteiger partial charge in [-0.1, -0.05) is 41.9 Å². The van der Waals surface area contributed by atoms with E-state index in [-0.39, 0.29) is 18.4 Å². The van der Waals surface area contributed by atoms with Crippen LogP contribution < -0.4 is 14.4 Å². The minimum Gasteiger partial charge on any atom is -0.494 e. The molecule has 0 heterocycles. The number of amides is 2. The minimum absolute atomic E-state index is 0.148. The summed E-state index contributed by atoms with van der Waals surface area (Å²) in [5.74, 6) is 0.0639. The molecule has 0 aromatic heterocycles. The van der Waals surface area contributed by atoms with Gasteiger partial charge in [0.05, 0.1) is 18.6 Å². The van der Waals surface area contributed by atoms with Crippen LogP contribution >= 0.6 is 15.9 Å². The number of nitrogens with one attached hydrogen (secondary N) is 1. The number of hydrogen-bond acceptors (Lipinski definition) is 5. The first-order chi connectivity index (χ1) is 16.4. The zero-order valence-corrected chi connectivity index (χ0v) is 23.2. The fraction of sp³-hybridized carbons (Fsp3) is 0.440. The van der Waals surface area contributed by atoms with E-state index < -0.39 is 28.5 Å². The third-order valence-corrected chi connectivity index (χ3v) is 6.84. The number of sulfonamides is 1. The molecule has 0 aliphatic rings. The third-order valence-electron chi connectivity index (χ3n) is 5.21. The Morgan fingerprint density at radius 1 is 1.09 bits per heavy atom. The number of benzene rings is 2. The van der Waals surface area contributed by atoms with Gasteiger partial charge in [0, 0.05) is 17.6 Å². The molecular formula is C25H34BrN3O5S. The Balaban J connectivity index is 2.35. The van der Waals surface area contributed by atoms with E-state index in [4.69, 9.17) is 4.74 Å². The van der Waals surface area contributed by atoms with Crippen LogP contribution in [0.2, 0.25) is 0 Å². The quantitative estimate of drug-likeness (QED) is 0.420. The highest BCUT2D eigenvalue weighted by molar-refractivity contribution is 9.10. The van der Waals surface area contributed by atoms with Crippen molar-refractivity contribution >= 4 is 43.5 Å². The standard InChI is InChI=1S/C25H34BrN3O5S/c1-6-34-23-12-10-22(11-13-23)29(35(5,32)33)17-24(30)28(16-20-8-7-9-21(26)14-20)19(4)25(31)27-15-18(2)3/h7-14,18-19H,6,15-17H2,1-5H3,(H,27,31)/t19-/m0/s1. The van der Waals surface area contributed by atoms with E-state index in [1.54, 1.807) is 31.2 Å². The molecule has 0 saturated carbocycles. The molecule has 0 saturated heterocycles. The normalized spacial score (nSPS) is 12.2. The summed E-state index contributed by atoms with van der Waals surface area (Å²) in [6.07, 6.45) is 1.05. The van der Waals surface area contributed by atoms with Crippen LogP contribution in [0.5, 0.6) is 5.75 Å². The molecule has 0 radical (unpaired) electrons. The van der Waals surface area contributed by atoms with Gasteiger partial charge in [0.25, 0.3) is 0 Å². The van der Waals surface area contributed by atoms with Crippen molar-refractivity contribution in [1.82, 2.24) is 10.2 Å². The number of hydrogen-bond donors (Lipinski definition) is 1. The maximum atomic E-state index is 13.5. The summed E-state index contributed by atoms with van der Waals surface area (Å²) in [6.45, 7) is 8.13. The average molecular weight is 569 g/mol. The SMILES string of the molecule is CCOc1ccc(N(CC(=O)N(Cc2cccc(Br)c2)[C@@H](C)C(=O)NCC(C)C)S(C)(=O)=O)cc1. The highest BCUT2D eigenvalue weighted by atomic mass is 79.9. The Kier molecular flexibility index (Phi) is 10.6. The molecule has 8 nitrogen and oxygen atoms in total. The molecule has 1 N–H and O–H groups in total. The van der Waals surface area contributed by atoms with Crippen LogP contribution in [0.3, 0.4) is 0 Å². The fourth-order valence-corrected chi connectivity index (χ4v) is 4.65. The summed E-state index contributed by atoms with van der Waals surface area (Å²) >= 11 is 3.43. The lowest BCUT2D eigenvalue weighted by Gasteiger charge is -2.31. The van der Waals surface area contributed by atoms with Gasteiger partial charge in [-0.05, 0) is 61.7 Å². The topological polar surface area (TPSA) is 96.0 Å². The predicted molar refractivity (Wildman–Crippen MR) is 142 cm³/mol. The summed E-state index contributed by atoms with van der Waals surface area (Å²) in [5.41, 5.74) is 1.15. The molecule has 35 heavy (non-hydrogen) atoms. The number of rotatable bonds is 12. The molecule has 2 aromatic carbocycles. The molecule has 0 spiro atoms. The Morgan fingerprint density at radius 3 is 2.29 bits per heavy atom. The van der Waals surface area contributed by atoms with Gasteiger partial charge in [-0.25, -0.2) is 8.42 Å². The summed E-state index contributed by atoms with van der Waals surface area (Å²) in [6, 6.07) is 13.1. The van der Waals surface area contributed by atoms with Gasteiger partial charge < -0.3 is 15.0 Å². The van der Waals surface area contributed by atoms with E-state index in [1.807, 2.05) is 45.0 Å². The van der Waals surface area contributed by atoms with E-state index in [2.05, 4.69) is 21.2 Å². The van der Waals surface area contributed by atoms with E-state index in [1.165, 1.54) is 4.90 Å². The molecule has 0 aliphatic heterocycles. The molecule has 2 aromatic rings. The highest BCUT2D eigenvalue weighted by Crippen LogP contribution is 2.23. The molecule has 0 unspecified atom stereocenters. The number of anilines is 1. The van der Waals surface area contributed by atoms with E-state index in [9.17, 15) is 18.0 Å². The summed E-state index contributed by atoms with van der Waals surface area (Å²) in [7, 11) is -3.78. The van der Waals surface area contributed by atoms with E-state index >= 15 is 0 Å². The Labute approximate surface area is 216 Å². The number of halogens is 1. The van der Waals surface area contributed by atoms with Crippen LogP contribution in [0.15, 0.2) is 53.0 Å². The van der Waals surface area contributed by atoms with Crippen LogP contribution in [-0.4, -0.2) is 57.1 Å². The van der Waals surface area contributed by atoms with Crippen molar-refractivity contribution in [3.8, 4) is 5.75 Å². The number of carbonyl (C=O) groups is 2. The van der Waals surface area contributed by atoms with Gasteiger partial charge in [-0.2, -0.15) is 0 Å². The second kappa shape index (κ2) is 12.9. The predicted octanol–water partition coefficient (Wildman–Crippen LogP) is 3.80. The Hall–Kier alpha value is -2.59. The van der Waals surface area contributed by atoms with Crippen molar-refractivity contribution in [2.24, 2.45) is 5.92 Å². The Bertz CT molecular complexity index is 1110. The Morgan fingerprint density at radius 2 is 1.74 bits per heavy atom. The first kappa shape index (κ1) is 28.6. The smallest absolute Gasteiger partial charge is 0.244 e. The summed E-state index contributed by atoms with van der Waals surface area (Å²) < 4.78 is 32.6. The van der Waals surface area contributed by atoms with Gasteiger partial charge in [0.15, 0.2) is 0 Å². The van der Waals surface area contributed by atoms with Crippen molar-refractivity contribution in [3.05, 3.63) is 58.6 Å². The highest BCUT2D eigenvalue weighted by Gasteiger charge is 2.30. The fourth-order valence-electron chi connectivity index (χ4n) is 3.36. The van der Waals surface area contributed by atoms with Gasteiger partial charge in [-0.15, -0.1) is 0 Å². The van der Waals surface area contributed by atoms with Crippen molar-refractivity contribution in [2.45, 2.75) is 40.3 Å². The molecule has 10 heteroatoms. The molecule has 0 fully saturated rings. The van der Waals surface area contributed by atoms with Gasteiger partial charge in [-0.3, -0.25) is 13.9 Å². The van der Waals surface area contributed by atoms with Gasteiger partial charge >= 0.3 is 0 Å². The maximum absolute atomic E-state index is 13.5. The van der Waals surface area contributed by atoms with Crippen molar-refractivity contribution in [1.29, 1.82) is 0 Å². The van der Waals surface area contributed by atoms with Crippen molar-refractivity contribution in [2.75, 3.05) is 30.3 Å². The zero-order chi connectivity index (χ0) is 26.2. The molecule has 0 aliphatic carbocycles. The minimum atomic E-state index is -3.78. The third kappa shape index (κ3) is 8.85. The molecule has 2 amide bonds. The van der Waals surface area contributed by atoms with Crippen LogP contribution in [0.25, 0.3) is 0 Å². The van der Waals surface area contributed by atoms with E-state index in [0.717, 1.165) is 20.6 Å². The lowest BCUT2D eigenvalue weighted by molar-refractivity contribution is -0.139. The van der Waals surface area contributed by atoms with Gasteiger partial charge in [0.2, 0.25) is 21.8 Å².